The summed E-state index contributed by atoms with van der Waals surface area (Å²) in [6.07, 6.45) is -4.25. The van der Waals surface area contributed by atoms with E-state index in [1.165, 1.54) is 6.07 Å². The van der Waals surface area contributed by atoms with Gasteiger partial charge in [-0.2, -0.15) is 13.2 Å². The molecule has 3 rings (SSSR count). The highest BCUT2D eigenvalue weighted by Crippen LogP contribution is 2.38. The maximum atomic E-state index is 12.7. The van der Waals surface area contributed by atoms with Crippen molar-refractivity contribution in [3.63, 3.8) is 0 Å². The zero-order valence-electron chi connectivity index (χ0n) is 10.8. The molecule has 1 aliphatic heterocycles. The van der Waals surface area contributed by atoms with Crippen molar-refractivity contribution in [3.8, 4) is 0 Å². The van der Waals surface area contributed by atoms with Gasteiger partial charge in [-0.1, -0.05) is 6.07 Å². The van der Waals surface area contributed by atoms with Crippen LogP contribution >= 0.6 is 11.3 Å². The normalized spacial score (nSPS) is 17.8. The lowest BCUT2D eigenvalue weighted by Gasteiger charge is -2.27. The first-order valence-corrected chi connectivity index (χ1v) is 7.37. The quantitative estimate of drug-likeness (QED) is 0.915. The molecule has 0 bridgehead atoms. The molecule has 6 heteroatoms. The summed E-state index contributed by atoms with van der Waals surface area (Å²) in [6.45, 7) is 4.71. The number of halogens is 3. The lowest BCUT2D eigenvalue weighted by molar-refractivity contribution is -0.134. The Hall–Kier alpha value is -1.11. The molecular formula is C14H15F3N2S. The molecule has 0 radical (unpaired) electrons. The Bertz CT molecular complexity index is 600. The first-order chi connectivity index (χ1) is 9.52. The van der Waals surface area contributed by atoms with Crippen molar-refractivity contribution in [1.82, 2.24) is 10.2 Å². The van der Waals surface area contributed by atoms with Crippen LogP contribution in [0.25, 0.3) is 10.1 Å². The van der Waals surface area contributed by atoms with E-state index in [0.717, 1.165) is 49.6 Å². The molecule has 0 atom stereocenters. The van der Waals surface area contributed by atoms with Crippen LogP contribution in [-0.2, 0) is 12.7 Å². The highest BCUT2D eigenvalue weighted by atomic mass is 32.1. The number of rotatable bonds is 2. The number of fused-ring (bicyclic) bond motifs is 1. The maximum Gasteiger partial charge on any atom is 0.425 e. The predicted molar refractivity (Wildman–Crippen MR) is 75.0 cm³/mol. The summed E-state index contributed by atoms with van der Waals surface area (Å²) in [7, 11) is 0. The average molecular weight is 300 g/mol. The summed E-state index contributed by atoms with van der Waals surface area (Å²) < 4.78 is 38.8. The fourth-order valence-corrected chi connectivity index (χ4v) is 3.37. The largest absolute Gasteiger partial charge is 0.425 e. The molecule has 1 fully saturated rings. The standard InChI is InChI=1S/C14H15F3N2S/c15-14(16,17)13-8-11-7-10(1-2-12(11)20-13)9-19-5-3-18-4-6-19/h1-2,7-8,18H,3-6,9H2. The third kappa shape index (κ3) is 2.97. The van der Waals surface area contributed by atoms with Gasteiger partial charge >= 0.3 is 6.18 Å². The molecule has 20 heavy (non-hydrogen) atoms. The van der Waals surface area contributed by atoms with Crippen LogP contribution in [-0.4, -0.2) is 31.1 Å². The molecule has 0 saturated carbocycles. The van der Waals surface area contributed by atoms with Gasteiger partial charge in [-0.15, -0.1) is 11.3 Å². The first kappa shape index (κ1) is 13.9. The molecule has 2 aromatic rings. The van der Waals surface area contributed by atoms with Crippen molar-refractivity contribution in [2.45, 2.75) is 12.7 Å². The van der Waals surface area contributed by atoms with Gasteiger partial charge in [-0.3, -0.25) is 4.90 Å². The number of benzene rings is 1. The Balaban J connectivity index is 1.82. The zero-order valence-corrected chi connectivity index (χ0v) is 11.7. The number of nitrogens with one attached hydrogen (secondary N) is 1. The monoisotopic (exact) mass is 300 g/mol. The molecule has 108 valence electrons. The topological polar surface area (TPSA) is 15.3 Å². The van der Waals surface area contributed by atoms with Gasteiger partial charge in [0, 0.05) is 37.4 Å². The van der Waals surface area contributed by atoms with Gasteiger partial charge in [0.25, 0.3) is 0 Å². The predicted octanol–water partition coefficient (Wildman–Crippen LogP) is 3.33. The maximum absolute atomic E-state index is 12.7. The smallest absolute Gasteiger partial charge is 0.314 e. The minimum Gasteiger partial charge on any atom is -0.314 e. The molecule has 1 aromatic carbocycles. The Morgan fingerprint density at radius 3 is 2.60 bits per heavy atom. The minimum atomic E-state index is -4.25. The van der Waals surface area contributed by atoms with E-state index in [2.05, 4.69) is 10.2 Å². The van der Waals surface area contributed by atoms with Gasteiger partial charge in [0.2, 0.25) is 0 Å². The summed E-state index contributed by atoms with van der Waals surface area (Å²) in [5, 5.41) is 3.97. The molecule has 0 spiro atoms. The van der Waals surface area contributed by atoms with Crippen molar-refractivity contribution in [2.75, 3.05) is 26.2 Å². The number of nitrogens with zero attached hydrogens (tertiary/aromatic N) is 1. The van der Waals surface area contributed by atoms with E-state index in [4.69, 9.17) is 0 Å². The van der Waals surface area contributed by atoms with Gasteiger partial charge in [0.15, 0.2) is 0 Å². The summed E-state index contributed by atoms with van der Waals surface area (Å²) >= 11 is 0.810. The number of hydrogen-bond donors (Lipinski definition) is 1. The number of piperazine rings is 1. The fourth-order valence-electron chi connectivity index (χ4n) is 2.46. The zero-order chi connectivity index (χ0) is 14.2. The van der Waals surface area contributed by atoms with Gasteiger partial charge in [-0.25, -0.2) is 0 Å². The second-order valence-electron chi connectivity index (χ2n) is 5.01. The third-order valence-corrected chi connectivity index (χ3v) is 4.64. The number of alkyl halides is 3. The summed E-state index contributed by atoms with van der Waals surface area (Å²) in [6, 6.07) is 6.86. The molecule has 2 nitrogen and oxygen atoms in total. The highest BCUT2D eigenvalue weighted by molar-refractivity contribution is 7.19. The molecule has 1 aliphatic rings. The van der Waals surface area contributed by atoms with Crippen molar-refractivity contribution in [2.24, 2.45) is 0 Å². The lowest BCUT2D eigenvalue weighted by Crippen LogP contribution is -2.42. The van der Waals surface area contributed by atoms with Crippen molar-refractivity contribution < 1.29 is 13.2 Å². The SMILES string of the molecule is FC(F)(F)c1cc2cc(CN3CCNCC3)ccc2s1. The average Bonchev–Trinajstić information content (AvgIpc) is 2.83. The van der Waals surface area contributed by atoms with Crippen LogP contribution < -0.4 is 5.32 Å². The van der Waals surface area contributed by atoms with Gasteiger partial charge in [0.1, 0.15) is 4.88 Å². The first-order valence-electron chi connectivity index (χ1n) is 6.55. The second kappa shape index (κ2) is 5.35. The van der Waals surface area contributed by atoms with E-state index in [9.17, 15) is 13.2 Å². The second-order valence-corrected chi connectivity index (χ2v) is 6.09. The van der Waals surface area contributed by atoms with Crippen LogP contribution in [0.4, 0.5) is 13.2 Å². The van der Waals surface area contributed by atoms with Crippen molar-refractivity contribution in [1.29, 1.82) is 0 Å². The Kier molecular flexibility index (Phi) is 3.70. The van der Waals surface area contributed by atoms with Gasteiger partial charge < -0.3 is 5.32 Å². The van der Waals surface area contributed by atoms with Crippen molar-refractivity contribution >= 4 is 21.4 Å². The molecule has 1 aromatic heterocycles. The van der Waals surface area contributed by atoms with Crippen LogP contribution in [0.2, 0.25) is 0 Å². The number of thiophene rings is 1. The molecule has 0 amide bonds. The minimum absolute atomic E-state index is 0.521. The molecule has 0 aliphatic carbocycles. The van der Waals surface area contributed by atoms with E-state index >= 15 is 0 Å². The molecular weight excluding hydrogens is 285 g/mol. The third-order valence-electron chi connectivity index (χ3n) is 3.48. The molecule has 2 heterocycles. The molecule has 1 saturated heterocycles. The van der Waals surface area contributed by atoms with Crippen molar-refractivity contribution in [3.05, 3.63) is 34.7 Å². The van der Waals surface area contributed by atoms with E-state index < -0.39 is 11.1 Å². The summed E-state index contributed by atoms with van der Waals surface area (Å²) in [5.74, 6) is 0. The van der Waals surface area contributed by atoms with E-state index in [1.54, 1.807) is 6.07 Å². The van der Waals surface area contributed by atoms with Crippen LogP contribution in [0, 0.1) is 0 Å². The van der Waals surface area contributed by atoms with Gasteiger partial charge in [-0.05, 0) is 29.1 Å². The highest BCUT2D eigenvalue weighted by Gasteiger charge is 2.32. The molecule has 1 N–H and O–H groups in total. The summed E-state index contributed by atoms with van der Waals surface area (Å²) in [5.41, 5.74) is 1.07. The Morgan fingerprint density at radius 1 is 1.15 bits per heavy atom. The van der Waals surface area contributed by atoms with Gasteiger partial charge in [0.05, 0.1) is 0 Å². The van der Waals surface area contributed by atoms with Crippen LogP contribution in [0.5, 0.6) is 0 Å². The van der Waals surface area contributed by atoms with Crippen LogP contribution in [0.3, 0.4) is 0 Å². The fraction of sp³-hybridized carbons (Fsp3) is 0.429. The summed E-state index contributed by atoms with van der Waals surface area (Å²) in [4.78, 5) is 1.79. The molecule has 0 unspecified atom stereocenters. The van der Waals surface area contributed by atoms with E-state index in [-0.39, 0.29) is 0 Å². The Morgan fingerprint density at radius 2 is 1.90 bits per heavy atom. The number of hydrogen-bond acceptors (Lipinski definition) is 3. The Labute approximate surface area is 119 Å². The van der Waals surface area contributed by atoms with E-state index in [1.807, 2.05) is 12.1 Å². The lowest BCUT2D eigenvalue weighted by atomic mass is 10.1. The van der Waals surface area contributed by atoms with Crippen LogP contribution in [0.15, 0.2) is 24.3 Å². The van der Waals surface area contributed by atoms with Crippen LogP contribution in [0.1, 0.15) is 10.4 Å². The van der Waals surface area contributed by atoms with E-state index in [0.29, 0.717) is 10.1 Å².